The molecule has 0 aromatic heterocycles. The van der Waals surface area contributed by atoms with Crippen molar-refractivity contribution in [3.63, 3.8) is 0 Å². The highest BCUT2D eigenvalue weighted by molar-refractivity contribution is 5.98. The lowest BCUT2D eigenvalue weighted by molar-refractivity contribution is 0.0965. The molecule has 0 fully saturated rings. The summed E-state index contributed by atoms with van der Waals surface area (Å²) in [6.07, 6.45) is 0. The van der Waals surface area contributed by atoms with Gasteiger partial charge in [0.05, 0.1) is 0 Å². The first-order valence-corrected chi connectivity index (χ1v) is 4.34. The van der Waals surface area contributed by atoms with Crippen molar-refractivity contribution in [2.45, 2.75) is 20.4 Å². The van der Waals surface area contributed by atoms with Crippen LogP contribution in [-0.2, 0) is 6.54 Å². The van der Waals surface area contributed by atoms with Crippen LogP contribution in [0.3, 0.4) is 0 Å². The van der Waals surface area contributed by atoms with Crippen LogP contribution >= 0.6 is 0 Å². The Morgan fingerprint density at radius 3 is 2.77 bits per heavy atom. The smallest absolute Gasteiger partial charge is 0.252 e. The van der Waals surface area contributed by atoms with Crippen molar-refractivity contribution in [3.8, 4) is 0 Å². The second kappa shape index (κ2) is 4.03. The van der Waals surface area contributed by atoms with Crippen LogP contribution in [0.5, 0.6) is 0 Å². The van der Waals surface area contributed by atoms with E-state index in [0.717, 1.165) is 5.56 Å². The topological polar surface area (TPSA) is 29.1 Å². The molecule has 1 aromatic rings. The van der Waals surface area contributed by atoms with Gasteiger partial charge in [0.15, 0.2) is 0 Å². The predicted octanol–water partition coefficient (Wildman–Crippen LogP) is 2.10. The maximum Gasteiger partial charge on any atom is 0.252 e. The van der Waals surface area contributed by atoms with E-state index in [1.807, 2.05) is 13.8 Å². The van der Waals surface area contributed by atoms with Gasteiger partial charge >= 0.3 is 0 Å². The van der Waals surface area contributed by atoms with Gasteiger partial charge in [0, 0.05) is 12.1 Å². The van der Waals surface area contributed by atoms with E-state index in [0.29, 0.717) is 12.1 Å². The molecule has 70 valence electrons. The summed E-state index contributed by atoms with van der Waals surface area (Å²) in [6.45, 7) is 4.52. The number of benzene rings is 1. The molecule has 1 amide bonds. The second-order valence-corrected chi connectivity index (χ2v) is 2.48. The quantitative estimate of drug-likeness (QED) is 0.652. The highest BCUT2D eigenvalue weighted by atomic mass is 19.1. The molecule has 0 atom stereocenters. The number of carbonyl (C=O) groups is 1. The van der Waals surface area contributed by atoms with Gasteiger partial charge in [-0.05, 0) is 17.7 Å². The molecule has 0 spiro atoms. The zero-order valence-electron chi connectivity index (χ0n) is 7.73. The normalized spacial score (nSPS) is 12.7. The van der Waals surface area contributed by atoms with Crippen LogP contribution in [0.4, 0.5) is 4.39 Å². The molecule has 1 aromatic carbocycles. The Labute approximate surface area is 76.8 Å². The molecule has 13 heavy (non-hydrogen) atoms. The third-order valence-electron chi connectivity index (χ3n) is 1.76. The molecule has 2 nitrogen and oxygen atoms in total. The van der Waals surface area contributed by atoms with Gasteiger partial charge in [-0.1, -0.05) is 19.9 Å². The number of hydrogen-bond donors (Lipinski definition) is 1. The third-order valence-corrected chi connectivity index (χ3v) is 1.76. The number of fused-ring (bicyclic) bond motifs is 1. The fraction of sp³-hybridized carbons (Fsp3) is 0.300. The van der Waals surface area contributed by atoms with Gasteiger partial charge in [-0.25, -0.2) is 4.39 Å². The zero-order chi connectivity index (χ0) is 9.84. The molecule has 1 N–H and O–H groups in total. The minimum Gasteiger partial charge on any atom is -0.348 e. The molecule has 0 saturated heterocycles. The van der Waals surface area contributed by atoms with E-state index in [2.05, 4.69) is 5.32 Å². The van der Waals surface area contributed by atoms with Gasteiger partial charge < -0.3 is 5.32 Å². The Hall–Kier alpha value is -1.38. The van der Waals surface area contributed by atoms with Crippen molar-refractivity contribution in [1.29, 1.82) is 0 Å². The van der Waals surface area contributed by atoms with Crippen molar-refractivity contribution in [3.05, 3.63) is 35.1 Å². The van der Waals surface area contributed by atoms with Crippen LogP contribution in [0, 0.1) is 5.82 Å². The molecule has 0 unspecified atom stereocenters. The van der Waals surface area contributed by atoms with Crippen LogP contribution in [0.2, 0.25) is 0 Å². The Morgan fingerprint density at radius 1 is 1.38 bits per heavy atom. The van der Waals surface area contributed by atoms with E-state index < -0.39 is 0 Å². The van der Waals surface area contributed by atoms with Gasteiger partial charge in [0.2, 0.25) is 0 Å². The summed E-state index contributed by atoms with van der Waals surface area (Å²) in [5, 5.41) is 2.61. The molecular formula is C10H12FNO. The average molecular weight is 181 g/mol. The Morgan fingerprint density at radius 2 is 2.08 bits per heavy atom. The number of carbonyl (C=O) groups excluding carboxylic acids is 1. The van der Waals surface area contributed by atoms with Crippen LogP contribution in [0.1, 0.15) is 29.8 Å². The first kappa shape index (κ1) is 9.71. The summed E-state index contributed by atoms with van der Waals surface area (Å²) in [5.74, 6) is -0.541. The van der Waals surface area contributed by atoms with Gasteiger partial charge in [0.25, 0.3) is 5.91 Å². The first-order chi connectivity index (χ1) is 6.27. The molecule has 0 aliphatic carbocycles. The van der Waals surface area contributed by atoms with E-state index in [9.17, 15) is 9.18 Å². The molecule has 0 saturated carbocycles. The minimum atomic E-state index is -0.360. The van der Waals surface area contributed by atoms with E-state index in [4.69, 9.17) is 0 Å². The first-order valence-electron chi connectivity index (χ1n) is 4.34. The average Bonchev–Trinajstić information content (AvgIpc) is 2.52. The van der Waals surface area contributed by atoms with E-state index >= 15 is 0 Å². The summed E-state index contributed by atoms with van der Waals surface area (Å²) in [5.41, 5.74) is 1.33. The second-order valence-electron chi connectivity index (χ2n) is 2.48. The fourth-order valence-electron chi connectivity index (χ4n) is 1.18. The van der Waals surface area contributed by atoms with Crippen molar-refractivity contribution < 1.29 is 9.18 Å². The number of nitrogens with one attached hydrogen (secondary N) is 1. The lowest BCUT2D eigenvalue weighted by Gasteiger charge is -1.92. The summed E-state index contributed by atoms with van der Waals surface area (Å²) >= 11 is 0. The Bertz CT molecular complexity index is 323. The number of amides is 1. The molecule has 1 aliphatic rings. The largest absolute Gasteiger partial charge is 0.348 e. The fourth-order valence-corrected chi connectivity index (χ4v) is 1.18. The molecule has 0 bridgehead atoms. The highest BCUT2D eigenvalue weighted by Crippen LogP contribution is 2.15. The van der Waals surface area contributed by atoms with Crippen molar-refractivity contribution in [1.82, 2.24) is 5.32 Å². The molecule has 1 heterocycles. The lowest BCUT2D eigenvalue weighted by Crippen LogP contribution is -2.12. The summed E-state index contributed by atoms with van der Waals surface area (Å²) < 4.78 is 12.6. The predicted molar refractivity (Wildman–Crippen MR) is 48.9 cm³/mol. The monoisotopic (exact) mass is 181 g/mol. The molecule has 0 radical (unpaired) electrons. The van der Waals surface area contributed by atoms with Gasteiger partial charge in [-0.3, -0.25) is 4.79 Å². The van der Waals surface area contributed by atoms with Crippen LogP contribution in [-0.4, -0.2) is 5.91 Å². The van der Waals surface area contributed by atoms with Gasteiger partial charge in [0.1, 0.15) is 5.82 Å². The highest BCUT2D eigenvalue weighted by Gasteiger charge is 2.18. The van der Waals surface area contributed by atoms with Crippen molar-refractivity contribution in [2.24, 2.45) is 0 Å². The molecule has 2 rings (SSSR count). The van der Waals surface area contributed by atoms with Crippen LogP contribution in [0.15, 0.2) is 18.2 Å². The van der Waals surface area contributed by atoms with E-state index in [1.54, 1.807) is 6.07 Å². The van der Waals surface area contributed by atoms with Crippen molar-refractivity contribution in [2.75, 3.05) is 0 Å². The van der Waals surface area contributed by atoms with Gasteiger partial charge in [-0.15, -0.1) is 0 Å². The number of rotatable bonds is 0. The molecule has 3 heteroatoms. The van der Waals surface area contributed by atoms with E-state index in [-0.39, 0.29) is 11.7 Å². The van der Waals surface area contributed by atoms with E-state index in [1.165, 1.54) is 12.1 Å². The Kier molecular flexibility index (Phi) is 3.01. The van der Waals surface area contributed by atoms with Crippen molar-refractivity contribution >= 4 is 5.91 Å². The Balaban J connectivity index is 0.000000396. The van der Waals surface area contributed by atoms with Crippen LogP contribution < -0.4 is 5.32 Å². The van der Waals surface area contributed by atoms with Gasteiger partial charge in [-0.2, -0.15) is 0 Å². The van der Waals surface area contributed by atoms with Crippen LogP contribution in [0.25, 0.3) is 0 Å². The zero-order valence-corrected chi connectivity index (χ0v) is 7.73. The number of hydrogen-bond acceptors (Lipinski definition) is 1. The standard InChI is InChI=1S/C8H6FNO.C2H6/c9-6-2-1-5-4-10-8(11)7(5)3-6;1-2/h1-3H,4H2,(H,10,11);1-2H3. The molecular weight excluding hydrogens is 169 g/mol. The minimum absolute atomic E-state index is 0.181. The lowest BCUT2D eigenvalue weighted by atomic mass is 10.1. The number of halogens is 1. The maximum atomic E-state index is 12.6. The maximum absolute atomic E-state index is 12.6. The summed E-state index contributed by atoms with van der Waals surface area (Å²) in [7, 11) is 0. The summed E-state index contributed by atoms with van der Waals surface area (Å²) in [4.78, 5) is 10.9. The third kappa shape index (κ3) is 1.86. The summed E-state index contributed by atoms with van der Waals surface area (Å²) in [6, 6.07) is 4.25. The SMILES string of the molecule is CC.O=C1NCc2ccc(F)cc21. The molecule has 1 aliphatic heterocycles.